The van der Waals surface area contributed by atoms with Gasteiger partial charge in [0, 0.05) is 54.9 Å². The fourth-order valence-corrected chi connectivity index (χ4v) is 9.10. The Labute approximate surface area is 295 Å². The standard InChI is InChI=1S/C38H38N4O9/c1-18-11-21-12-25-27(14-39)42-26(31(40(25)4)29(21)35(32(18)47-6)48-16-46-5)13-24-30(36-34(49-17-50-36)19(2)33(24)51-20(3)43)28(42)15-41-37(44)22-9-7-8-10-23(22)38(41)45/h7-11,25-28,31H,12-13,15-17H2,1-6H3/t25-,26+,27+,28+,31-/m1/s1. The normalized spacial score (nSPS) is 24.3. The quantitative estimate of drug-likeness (QED) is 0.153. The second-order valence-corrected chi connectivity index (χ2v) is 13.6. The molecule has 0 N–H and O–H groups in total. The first-order valence-electron chi connectivity index (χ1n) is 16.9. The zero-order valence-electron chi connectivity index (χ0n) is 29.3. The number of aryl methyl sites for hydroxylation is 1. The molecule has 0 spiro atoms. The van der Waals surface area contributed by atoms with Crippen molar-refractivity contribution in [1.82, 2.24) is 14.7 Å². The molecule has 5 aliphatic heterocycles. The molecule has 1 fully saturated rings. The monoisotopic (exact) mass is 694 g/mol. The predicted molar refractivity (Wildman–Crippen MR) is 180 cm³/mol. The van der Waals surface area contributed by atoms with Crippen LogP contribution < -0.4 is 23.7 Å². The van der Waals surface area contributed by atoms with Crippen LogP contribution in [-0.4, -0.2) is 92.0 Å². The summed E-state index contributed by atoms with van der Waals surface area (Å²) in [5, 5.41) is 11.0. The van der Waals surface area contributed by atoms with E-state index >= 15 is 0 Å². The van der Waals surface area contributed by atoms with E-state index in [4.69, 9.17) is 28.4 Å². The van der Waals surface area contributed by atoms with Crippen molar-refractivity contribution in [3.8, 4) is 34.8 Å². The molecule has 5 heterocycles. The summed E-state index contributed by atoms with van der Waals surface area (Å²) in [5.74, 6) is 1.05. The topological polar surface area (TPSA) is 140 Å². The van der Waals surface area contributed by atoms with Gasteiger partial charge in [0.1, 0.15) is 11.8 Å². The Kier molecular flexibility index (Phi) is 7.94. The molecule has 0 unspecified atom stereocenters. The van der Waals surface area contributed by atoms with Gasteiger partial charge in [-0.15, -0.1) is 0 Å². The van der Waals surface area contributed by atoms with Crippen LogP contribution in [0.4, 0.5) is 0 Å². The second-order valence-electron chi connectivity index (χ2n) is 13.6. The van der Waals surface area contributed by atoms with E-state index in [9.17, 15) is 19.6 Å². The van der Waals surface area contributed by atoms with Gasteiger partial charge in [-0.05, 0) is 57.0 Å². The molecule has 13 heteroatoms. The third-order valence-corrected chi connectivity index (χ3v) is 11.0. The number of nitriles is 1. The second kappa shape index (κ2) is 12.3. The zero-order valence-corrected chi connectivity index (χ0v) is 29.3. The number of amides is 2. The summed E-state index contributed by atoms with van der Waals surface area (Å²) >= 11 is 0. The summed E-state index contributed by atoms with van der Waals surface area (Å²) in [6.07, 6.45) is 0.877. The minimum Gasteiger partial charge on any atom is -0.493 e. The van der Waals surface area contributed by atoms with Crippen molar-refractivity contribution in [2.75, 3.05) is 41.4 Å². The molecular formula is C38H38N4O9. The van der Waals surface area contributed by atoms with E-state index in [1.165, 1.54) is 11.8 Å². The van der Waals surface area contributed by atoms with E-state index in [0.717, 1.165) is 16.7 Å². The van der Waals surface area contributed by atoms with E-state index in [1.54, 1.807) is 38.5 Å². The van der Waals surface area contributed by atoms with Crippen molar-refractivity contribution in [3.63, 3.8) is 0 Å². The maximum atomic E-state index is 13.9. The molecule has 51 heavy (non-hydrogen) atoms. The van der Waals surface area contributed by atoms with Crippen molar-refractivity contribution in [1.29, 1.82) is 5.26 Å². The number of ether oxygens (including phenoxy) is 6. The van der Waals surface area contributed by atoms with Gasteiger partial charge < -0.3 is 28.4 Å². The lowest BCUT2D eigenvalue weighted by molar-refractivity contribution is -0.132. The third kappa shape index (κ3) is 4.73. The Balaban J connectivity index is 1.38. The number of esters is 1. The number of rotatable bonds is 7. The maximum Gasteiger partial charge on any atom is 0.308 e. The molecule has 8 rings (SSSR count). The molecular weight excluding hydrogens is 656 g/mol. The van der Waals surface area contributed by atoms with Crippen LogP contribution in [0.1, 0.15) is 73.1 Å². The van der Waals surface area contributed by atoms with Gasteiger partial charge in [-0.1, -0.05) is 18.2 Å². The Morgan fingerprint density at radius 3 is 2.33 bits per heavy atom. The van der Waals surface area contributed by atoms with Crippen molar-refractivity contribution in [3.05, 3.63) is 74.8 Å². The number of imide groups is 1. The number of piperazine rings is 1. The van der Waals surface area contributed by atoms with Gasteiger partial charge in [-0.2, -0.15) is 5.26 Å². The minimum absolute atomic E-state index is 0.00815. The van der Waals surface area contributed by atoms with E-state index < -0.39 is 35.9 Å². The average molecular weight is 695 g/mol. The number of benzene rings is 3. The van der Waals surface area contributed by atoms with E-state index in [0.29, 0.717) is 69.4 Å². The van der Waals surface area contributed by atoms with Gasteiger partial charge in [0.2, 0.25) is 6.79 Å². The van der Waals surface area contributed by atoms with E-state index in [-0.39, 0.29) is 32.2 Å². The Bertz CT molecular complexity index is 2020. The van der Waals surface area contributed by atoms with Crippen LogP contribution in [0.3, 0.4) is 0 Å². The summed E-state index contributed by atoms with van der Waals surface area (Å²) in [6.45, 7) is 4.99. The smallest absolute Gasteiger partial charge is 0.308 e. The van der Waals surface area contributed by atoms with Crippen LogP contribution in [-0.2, 0) is 22.4 Å². The van der Waals surface area contributed by atoms with Crippen LogP contribution in [0.5, 0.6) is 28.7 Å². The number of methoxy groups -OCH3 is 2. The highest BCUT2D eigenvalue weighted by molar-refractivity contribution is 6.21. The highest BCUT2D eigenvalue weighted by Gasteiger charge is 2.58. The van der Waals surface area contributed by atoms with Gasteiger partial charge in [-0.25, -0.2) is 0 Å². The lowest BCUT2D eigenvalue weighted by atomic mass is 9.71. The Morgan fingerprint density at radius 1 is 0.980 bits per heavy atom. The molecule has 0 saturated carbocycles. The molecule has 264 valence electrons. The molecule has 2 bridgehead atoms. The van der Waals surface area contributed by atoms with Crippen molar-refractivity contribution < 1.29 is 42.8 Å². The van der Waals surface area contributed by atoms with E-state index in [1.807, 2.05) is 20.9 Å². The number of carbonyl (C=O) groups excluding carboxylic acids is 3. The molecule has 2 amide bonds. The van der Waals surface area contributed by atoms with E-state index in [2.05, 4.69) is 21.9 Å². The van der Waals surface area contributed by atoms with Crippen LogP contribution in [0.2, 0.25) is 0 Å². The van der Waals surface area contributed by atoms with Crippen molar-refractivity contribution in [2.45, 2.75) is 63.8 Å². The number of fused-ring (bicyclic) bond motifs is 10. The molecule has 13 nitrogen and oxygen atoms in total. The van der Waals surface area contributed by atoms with Crippen LogP contribution >= 0.6 is 0 Å². The number of nitrogens with zero attached hydrogens (tertiary/aromatic N) is 4. The van der Waals surface area contributed by atoms with Gasteiger partial charge >= 0.3 is 5.97 Å². The first-order chi connectivity index (χ1) is 24.6. The lowest BCUT2D eigenvalue weighted by Crippen LogP contribution is -2.69. The van der Waals surface area contributed by atoms with Crippen LogP contribution in [0.25, 0.3) is 0 Å². The fourth-order valence-electron chi connectivity index (χ4n) is 9.10. The molecule has 3 aromatic rings. The summed E-state index contributed by atoms with van der Waals surface area (Å²) in [4.78, 5) is 46.1. The average Bonchev–Trinajstić information content (AvgIpc) is 3.69. The largest absolute Gasteiger partial charge is 0.493 e. The number of likely N-dealkylation sites (N-methyl/N-ethyl adjacent to an activating group) is 1. The molecule has 5 atom stereocenters. The maximum absolute atomic E-state index is 13.9. The minimum atomic E-state index is -0.730. The van der Waals surface area contributed by atoms with Crippen molar-refractivity contribution in [2.24, 2.45) is 0 Å². The molecule has 3 aromatic carbocycles. The molecule has 0 aromatic heterocycles. The Hall–Kier alpha value is -5.16. The Morgan fingerprint density at radius 2 is 1.69 bits per heavy atom. The van der Waals surface area contributed by atoms with Gasteiger partial charge in [0.25, 0.3) is 11.8 Å². The lowest BCUT2D eigenvalue weighted by Gasteiger charge is -2.60. The number of hydrogen-bond acceptors (Lipinski definition) is 12. The number of carbonyl (C=O) groups is 3. The molecule has 0 aliphatic carbocycles. The SMILES string of the molecule is COCOc1c(OC)c(C)cc2c1[C@H]1[C@@H]3Cc4c(OC(C)=O)c(C)c5c(c4[C@H](CN4C(=O)c6ccccc6C4=O)N3[C@@H](C#N)[C@@H](C2)N1C)OCO5. The zero-order chi connectivity index (χ0) is 35.9. The molecule has 5 aliphatic rings. The summed E-state index contributed by atoms with van der Waals surface area (Å²) in [6, 6.07) is 9.05. The van der Waals surface area contributed by atoms with Crippen LogP contribution in [0.15, 0.2) is 30.3 Å². The number of hydrogen-bond donors (Lipinski definition) is 0. The molecule has 1 saturated heterocycles. The summed E-state index contributed by atoms with van der Waals surface area (Å²) in [5.41, 5.74) is 5.44. The van der Waals surface area contributed by atoms with Gasteiger partial charge in [0.15, 0.2) is 29.8 Å². The summed E-state index contributed by atoms with van der Waals surface area (Å²) < 4.78 is 35.6. The highest BCUT2D eigenvalue weighted by Crippen LogP contribution is 2.59. The first kappa shape index (κ1) is 33.0. The third-order valence-electron chi connectivity index (χ3n) is 11.0. The van der Waals surface area contributed by atoms with Crippen LogP contribution in [0, 0.1) is 25.2 Å². The molecule has 0 radical (unpaired) electrons. The van der Waals surface area contributed by atoms with Gasteiger partial charge in [-0.3, -0.25) is 29.1 Å². The van der Waals surface area contributed by atoms with Gasteiger partial charge in [0.05, 0.1) is 36.4 Å². The highest BCUT2D eigenvalue weighted by atomic mass is 16.7. The predicted octanol–water partition coefficient (Wildman–Crippen LogP) is 4.02. The fraction of sp³-hybridized carbons (Fsp3) is 0.421. The summed E-state index contributed by atoms with van der Waals surface area (Å²) in [7, 11) is 5.18. The first-order valence-corrected chi connectivity index (χ1v) is 16.9. The van der Waals surface area contributed by atoms with Crippen molar-refractivity contribution >= 4 is 17.8 Å².